The Labute approximate surface area is 385 Å². The molecule has 0 saturated heterocycles. The molecule has 66 heavy (non-hydrogen) atoms. The van der Waals surface area contributed by atoms with Crippen molar-refractivity contribution in [3.05, 3.63) is 264 Å². The number of aromatic nitrogens is 2. The van der Waals surface area contributed by atoms with Gasteiger partial charge in [-0.1, -0.05) is 226 Å². The number of fused-ring (bicyclic) bond motifs is 9. The van der Waals surface area contributed by atoms with E-state index in [1.54, 1.807) is 0 Å². The fraction of sp³-hybridized carbons (Fsp3) is 0.0625. The molecule has 0 aliphatic heterocycles. The first-order valence-corrected chi connectivity index (χ1v) is 23.0. The van der Waals surface area contributed by atoms with Crippen LogP contribution in [0.15, 0.2) is 231 Å². The van der Waals surface area contributed by atoms with Gasteiger partial charge in [0.25, 0.3) is 0 Å². The van der Waals surface area contributed by atoms with E-state index in [9.17, 15) is 0 Å². The minimum absolute atomic E-state index is 0.134. The van der Waals surface area contributed by atoms with Crippen molar-refractivity contribution in [1.82, 2.24) is 9.97 Å². The van der Waals surface area contributed by atoms with Crippen LogP contribution in [0.1, 0.15) is 47.2 Å². The number of hydrogen-bond donors (Lipinski definition) is 0. The summed E-state index contributed by atoms with van der Waals surface area (Å²) in [5, 5.41) is 4.86. The zero-order valence-electron chi connectivity index (χ0n) is 36.8. The topological polar surface area (TPSA) is 25.8 Å². The maximum absolute atomic E-state index is 5.55. The van der Waals surface area contributed by atoms with Gasteiger partial charge in [-0.25, -0.2) is 9.97 Å². The van der Waals surface area contributed by atoms with E-state index < -0.39 is 5.41 Å². The summed E-state index contributed by atoms with van der Waals surface area (Å²) in [6.07, 6.45) is 0. The van der Waals surface area contributed by atoms with Gasteiger partial charge in [0.1, 0.15) is 0 Å². The molecule has 0 spiro atoms. The zero-order chi connectivity index (χ0) is 44.0. The van der Waals surface area contributed by atoms with E-state index in [1.807, 2.05) is 0 Å². The fourth-order valence-corrected chi connectivity index (χ4v) is 11.6. The average Bonchev–Trinajstić information content (AvgIpc) is 3.82. The molecule has 0 N–H and O–H groups in total. The standard InChI is InChI=1S/C64H44N2/c1-63(2)55-32-18-30-52(61(55)60-46-26-13-12-19-41(46)34-38-56(60)63)49-36-37-53(48-28-15-14-27-47(48)49)62-65-58(42-20-6-3-7-21-42)40-59(66-62)43-33-35-51-50-29-16-17-31-54(50)64(57(51)39-43,44-22-8-4-9-23-44)45-24-10-5-11-25-45/h3-40H,1-2H3. The maximum Gasteiger partial charge on any atom is 0.161 e. The summed E-state index contributed by atoms with van der Waals surface area (Å²) < 4.78 is 0. The molecule has 13 rings (SSSR count). The van der Waals surface area contributed by atoms with Crippen LogP contribution in [0.2, 0.25) is 0 Å². The first-order chi connectivity index (χ1) is 32.5. The lowest BCUT2D eigenvalue weighted by Gasteiger charge is -2.34. The average molecular weight is 841 g/mol. The summed E-state index contributed by atoms with van der Waals surface area (Å²) >= 11 is 0. The van der Waals surface area contributed by atoms with Crippen LogP contribution in [0.4, 0.5) is 0 Å². The van der Waals surface area contributed by atoms with Crippen LogP contribution >= 0.6 is 0 Å². The highest BCUT2D eigenvalue weighted by molar-refractivity contribution is 6.11. The Morgan fingerprint density at radius 1 is 0.318 bits per heavy atom. The first kappa shape index (κ1) is 38.3. The molecule has 11 aromatic rings. The molecule has 0 radical (unpaired) electrons. The third-order valence-electron chi connectivity index (χ3n) is 14.6. The summed E-state index contributed by atoms with van der Waals surface area (Å²) in [5.41, 5.74) is 19.6. The van der Waals surface area contributed by atoms with Gasteiger partial charge in [-0.3, -0.25) is 0 Å². The van der Waals surface area contributed by atoms with Gasteiger partial charge in [0.15, 0.2) is 5.82 Å². The van der Waals surface area contributed by atoms with E-state index in [0.29, 0.717) is 5.82 Å². The molecule has 2 aliphatic carbocycles. The van der Waals surface area contributed by atoms with Crippen molar-refractivity contribution in [2.75, 3.05) is 0 Å². The van der Waals surface area contributed by atoms with Gasteiger partial charge in [0.05, 0.1) is 16.8 Å². The highest BCUT2D eigenvalue weighted by atomic mass is 14.9. The van der Waals surface area contributed by atoms with Gasteiger partial charge in [-0.2, -0.15) is 0 Å². The van der Waals surface area contributed by atoms with Gasteiger partial charge in [-0.05, 0) is 107 Å². The highest BCUT2D eigenvalue weighted by Gasteiger charge is 2.46. The normalized spacial score (nSPS) is 13.8. The highest BCUT2D eigenvalue weighted by Crippen LogP contribution is 2.58. The number of nitrogens with zero attached hydrogens (tertiary/aromatic N) is 2. The second-order valence-corrected chi connectivity index (χ2v) is 18.4. The molecular weight excluding hydrogens is 797 g/mol. The van der Waals surface area contributed by atoms with Crippen LogP contribution in [-0.4, -0.2) is 9.97 Å². The largest absolute Gasteiger partial charge is 0.228 e. The number of hydrogen-bond acceptors (Lipinski definition) is 2. The van der Waals surface area contributed by atoms with Crippen LogP contribution in [0.3, 0.4) is 0 Å². The van der Waals surface area contributed by atoms with Crippen LogP contribution in [-0.2, 0) is 10.8 Å². The molecule has 10 aromatic carbocycles. The van der Waals surface area contributed by atoms with E-state index >= 15 is 0 Å². The molecule has 1 heterocycles. The third kappa shape index (κ3) is 5.55. The molecule has 1 aromatic heterocycles. The van der Waals surface area contributed by atoms with Crippen LogP contribution in [0, 0.1) is 0 Å². The van der Waals surface area contributed by atoms with E-state index in [-0.39, 0.29) is 5.41 Å². The van der Waals surface area contributed by atoms with E-state index in [1.165, 1.54) is 82.9 Å². The third-order valence-corrected chi connectivity index (χ3v) is 14.6. The number of benzene rings is 10. The summed E-state index contributed by atoms with van der Waals surface area (Å²) in [6, 6.07) is 84.3. The molecule has 2 aliphatic rings. The van der Waals surface area contributed by atoms with Crippen molar-refractivity contribution >= 4 is 21.5 Å². The van der Waals surface area contributed by atoms with Gasteiger partial charge in [-0.15, -0.1) is 0 Å². The first-order valence-electron chi connectivity index (χ1n) is 23.0. The predicted octanol–water partition coefficient (Wildman–Crippen LogP) is 16.1. The lowest BCUT2D eigenvalue weighted by molar-refractivity contribution is 0.661. The van der Waals surface area contributed by atoms with Crippen LogP contribution in [0.25, 0.3) is 88.8 Å². The van der Waals surface area contributed by atoms with Gasteiger partial charge in [0, 0.05) is 22.1 Å². The fourth-order valence-electron chi connectivity index (χ4n) is 11.6. The molecule has 0 unspecified atom stereocenters. The summed E-state index contributed by atoms with van der Waals surface area (Å²) in [4.78, 5) is 11.0. The lowest BCUT2D eigenvalue weighted by atomic mass is 9.67. The Bertz CT molecular complexity index is 3680. The molecule has 2 heteroatoms. The molecule has 2 nitrogen and oxygen atoms in total. The summed E-state index contributed by atoms with van der Waals surface area (Å²) in [5.74, 6) is 0.700. The maximum atomic E-state index is 5.55. The van der Waals surface area contributed by atoms with Crippen molar-refractivity contribution in [2.45, 2.75) is 24.7 Å². The smallest absolute Gasteiger partial charge is 0.161 e. The second-order valence-electron chi connectivity index (χ2n) is 18.4. The Morgan fingerprint density at radius 3 is 1.59 bits per heavy atom. The molecular formula is C64H44N2. The van der Waals surface area contributed by atoms with Crippen LogP contribution < -0.4 is 0 Å². The lowest BCUT2D eigenvalue weighted by Crippen LogP contribution is -2.28. The number of rotatable bonds is 6. The van der Waals surface area contributed by atoms with Crippen molar-refractivity contribution in [3.8, 4) is 67.3 Å². The quantitative estimate of drug-likeness (QED) is 0.167. The van der Waals surface area contributed by atoms with E-state index in [4.69, 9.17) is 9.97 Å². The molecule has 0 amide bonds. The minimum Gasteiger partial charge on any atom is -0.228 e. The molecule has 0 fully saturated rings. The summed E-state index contributed by atoms with van der Waals surface area (Å²) in [7, 11) is 0. The molecule has 0 atom stereocenters. The van der Waals surface area contributed by atoms with Crippen molar-refractivity contribution in [2.24, 2.45) is 0 Å². The Morgan fingerprint density at radius 2 is 0.848 bits per heavy atom. The predicted molar refractivity (Wildman–Crippen MR) is 274 cm³/mol. The van der Waals surface area contributed by atoms with E-state index in [0.717, 1.165) is 33.5 Å². The second kappa shape index (κ2) is 14.7. The summed E-state index contributed by atoms with van der Waals surface area (Å²) in [6.45, 7) is 4.74. The zero-order valence-corrected chi connectivity index (χ0v) is 36.8. The van der Waals surface area contributed by atoms with E-state index in [2.05, 4.69) is 244 Å². The van der Waals surface area contributed by atoms with Crippen LogP contribution in [0.5, 0.6) is 0 Å². The minimum atomic E-state index is -0.520. The Balaban J connectivity index is 1.02. The van der Waals surface area contributed by atoms with Crippen molar-refractivity contribution < 1.29 is 0 Å². The van der Waals surface area contributed by atoms with Crippen molar-refractivity contribution in [3.63, 3.8) is 0 Å². The SMILES string of the molecule is CC1(C)c2cccc(-c3ccc(-c4nc(-c5ccccc5)cc(-c5ccc6c(c5)C(c5ccccc5)(c5ccccc5)c5ccccc5-6)n4)c4ccccc34)c2-c2c1ccc1ccccc21. The monoisotopic (exact) mass is 840 g/mol. The van der Waals surface area contributed by atoms with Gasteiger partial charge in [0.2, 0.25) is 0 Å². The van der Waals surface area contributed by atoms with Crippen molar-refractivity contribution in [1.29, 1.82) is 0 Å². The van der Waals surface area contributed by atoms with Gasteiger partial charge >= 0.3 is 0 Å². The Kier molecular flexibility index (Phi) is 8.51. The van der Waals surface area contributed by atoms with Gasteiger partial charge < -0.3 is 0 Å². The molecule has 310 valence electrons. The molecule has 0 saturated carbocycles. The Hall–Kier alpha value is -8.20. The molecule has 0 bridgehead atoms.